The van der Waals surface area contributed by atoms with Crippen LogP contribution in [0.4, 0.5) is 0 Å². The zero-order chi connectivity index (χ0) is 11.7. The molecule has 2 heterocycles. The van der Waals surface area contributed by atoms with Gasteiger partial charge in [0.25, 0.3) is 0 Å². The van der Waals surface area contributed by atoms with E-state index in [0.29, 0.717) is 18.1 Å². The zero-order valence-electron chi connectivity index (χ0n) is 10.3. The molecule has 92 valence electrons. The Morgan fingerprint density at radius 1 is 1.38 bits per heavy atom. The Morgan fingerprint density at radius 2 is 1.94 bits per heavy atom. The van der Waals surface area contributed by atoms with Crippen LogP contribution in [0.3, 0.4) is 0 Å². The van der Waals surface area contributed by atoms with Gasteiger partial charge in [-0.25, -0.2) is 0 Å². The SMILES string of the molecule is CC(NC1CC2CCCC(C1)N2C)C(N)=O. The highest BCUT2D eigenvalue weighted by atomic mass is 16.1. The van der Waals surface area contributed by atoms with Crippen molar-refractivity contribution in [1.29, 1.82) is 0 Å². The monoisotopic (exact) mass is 225 g/mol. The summed E-state index contributed by atoms with van der Waals surface area (Å²) < 4.78 is 0. The zero-order valence-corrected chi connectivity index (χ0v) is 10.3. The smallest absolute Gasteiger partial charge is 0.234 e. The molecule has 16 heavy (non-hydrogen) atoms. The number of piperidine rings is 2. The first kappa shape index (κ1) is 11.9. The highest BCUT2D eigenvalue weighted by molar-refractivity contribution is 5.79. The van der Waals surface area contributed by atoms with Gasteiger partial charge in [0.2, 0.25) is 5.91 Å². The molecule has 0 aromatic rings. The van der Waals surface area contributed by atoms with Gasteiger partial charge in [-0.1, -0.05) is 6.42 Å². The normalized spacial score (nSPS) is 37.0. The summed E-state index contributed by atoms with van der Waals surface area (Å²) in [6.45, 7) is 1.86. The molecule has 2 aliphatic rings. The number of primary amides is 1. The van der Waals surface area contributed by atoms with Gasteiger partial charge in [-0.3, -0.25) is 4.79 Å². The van der Waals surface area contributed by atoms with E-state index in [-0.39, 0.29) is 11.9 Å². The molecule has 3 N–H and O–H groups in total. The summed E-state index contributed by atoms with van der Waals surface area (Å²) in [5.74, 6) is -0.246. The number of nitrogens with zero attached hydrogens (tertiary/aromatic N) is 1. The van der Waals surface area contributed by atoms with Gasteiger partial charge >= 0.3 is 0 Å². The highest BCUT2D eigenvalue weighted by Gasteiger charge is 2.36. The average molecular weight is 225 g/mol. The van der Waals surface area contributed by atoms with Gasteiger partial charge in [0.05, 0.1) is 6.04 Å². The number of hydrogen-bond acceptors (Lipinski definition) is 3. The maximum atomic E-state index is 11.0. The lowest BCUT2D eigenvalue weighted by atomic mass is 9.82. The van der Waals surface area contributed by atoms with Gasteiger partial charge in [-0.15, -0.1) is 0 Å². The van der Waals surface area contributed by atoms with E-state index in [4.69, 9.17) is 5.73 Å². The Morgan fingerprint density at radius 3 is 2.44 bits per heavy atom. The lowest BCUT2D eigenvalue weighted by Gasteiger charge is -2.47. The molecule has 0 aliphatic carbocycles. The minimum atomic E-state index is -0.246. The van der Waals surface area contributed by atoms with Crippen molar-refractivity contribution in [3.05, 3.63) is 0 Å². The van der Waals surface area contributed by atoms with Crippen molar-refractivity contribution in [1.82, 2.24) is 10.2 Å². The van der Waals surface area contributed by atoms with Crippen LogP contribution in [0, 0.1) is 0 Å². The minimum Gasteiger partial charge on any atom is -0.368 e. The first-order valence-electron chi connectivity index (χ1n) is 6.35. The second-order valence-electron chi connectivity index (χ2n) is 5.36. The minimum absolute atomic E-state index is 0.200. The van der Waals surface area contributed by atoms with Crippen LogP contribution in [0.1, 0.15) is 39.0 Å². The number of nitrogens with one attached hydrogen (secondary N) is 1. The lowest BCUT2D eigenvalue weighted by molar-refractivity contribution is -0.120. The van der Waals surface area contributed by atoms with E-state index in [1.54, 1.807) is 0 Å². The Labute approximate surface area is 97.6 Å². The molecular formula is C12H23N3O. The average Bonchev–Trinajstić information content (AvgIpc) is 2.19. The van der Waals surface area contributed by atoms with Crippen LogP contribution in [-0.4, -0.2) is 42.0 Å². The molecule has 0 aromatic heterocycles. The standard InChI is InChI=1S/C12H23N3O/c1-8(12(13)16)14-9-6-10-4-3-5-11(7-9)15(10)2/h8-11,14H,3-7H2,1-2H3,(H2,13,16). The van der Waals surface area contributed by atoms with Crippen LogP contribution in [0.15, 0.2) is 0 Å². The molecule has 2 aliphatic heterocycles. The van der Waals surface area contributed by atoms with Crippen molar-refractivity contribution in [3.8, 4) is 0 Å². The molecule has 3 atom stereocenters. The molecule has 0 saturated carbocycles. The van der Waals surface area contributed by atoms with Gasteiger partial charge < -0.3 is 16.0 Å². The van der Waals surface area contributed by atoms with Crippen LogP contribution in [-0.2, 0) is 4.79 Å². The molecule has 4 nitrogen and oxygen atoms in total. The van der Waals surface area contributed by atoms with Gasteiger partial charge in [0, 0.05) is 18.1 Å². The van der Waals surface area contributed by atoms with Crippen LogP contribution in [0.2, 0.25) is 0 Å². The van der Waals surface area contributed by atoms with Crippen molar-refractivity contribution in [2.24, 2.45) is 5.73 Å². The molecule has 2 rings (SSSR count). The Bertz CT molecular complexity index is 255. The molecular weight excluding hydrogens is 202 g/mol. The second kappa shape index (κ2) is 4.72. The fraction of sp³-hybridized carbons (Fsp3) is 0.917. The molecule has 0 spiro atoms. The van der Waals surface area contributed by atoms with E-state index in [1.165, 1.54) is 19.3 Å². The molecule has 2 fully saturated rings. The van der Waals surface area contributed by atoms with E-state index in [9.17, 15) is 4.79 Å². The molecule has 2 bridgehead atoms. The first-order valence-corrected chi connectivity index (χ1v) is 6.35. The molecule has 0 aromatic carbocycles. The number of amides is 1. The molecule has 3 unspecified atom stereocenters. The summed E-state index contributed by atoms with van der Waals surface area (Å²) in [4.78, 5) is 13.6. The van der Waals surface area contributed by atoms with Crippen LogP contribution < -0.4 is 11.1 Å². The third kappa shape index (κ3) is 2.38. The first-order chi connectivity index (χ1) is 7.58. The summed E-state index contributed by atoms with van der Waals surface area (Å²) in [5.41, 5.74) is 5.28. The van der Waals surface area contributed by atoms with Gasteiger partial charge in [-0.2, -0.15) is 0 Å². The largest absolute Gasteiger partial charge is 0.368 e. The predicted octanol–water partition coefficient (Wildman–Crippen LogP) is 0.465. The van der Waals surface area contributed by atoms with E-state index in [2.05, 4.69) is 17.3 Å². The summed E-state index contributed by atoms with van der Waals surface area (Å²) >= 11 is 0. The maximum absolute atomic E-state index is 11.0. The van der Waals surface area contributed by atoms with Crippen molar-refractivity contribution in [2.45, 2.75) is 63.2 Å². The van der Waals surface area contributed by atoms with E-state index < -0.39 is 0 Å². The predicted molar refractivity (Wildman–Crippen MR) is 64.0 cm³/mol. The molecule has 4 heteroatoms. The Balaban J connectivity index is 1.92. The summed E-state index contributed by atoms with van der Waals surface area (Å²) in [6.07, 6.45) is 6.28. The van der Waals surface area contributed by atoms with E-state index >= 15 is 0 Å². The third-order valence-electron chi connectivity index (χ3n) is 4.25. The molecule has 2 saturated heterocycles. The van der Waals surface area contributed by atoms with Crippen LogP contribution in [0.5, 0.6) is 0 Å². The number of carbonyl (C=O) groups excluding carboxylic acids is 1. The number of nitrogens with two attached hydrogens (primary N) is 1. The van der Waals surface area contributed by atoms with Gasteiger partial charge in [0.1, 0.15) is 0 Å². The second-order valence-corrected chi connectivity index (χ2v) is 5.36. The molecule has 0 radical (unpaired) electrons. The lowest BCUT2D eigenvalue weighted by Crippen LogP contribution is -2.56. The van der Waals surface area contributed by atoms with E-state index in [1.807, 2.05) is 6.92 Å². The summed E-state index contributed by atoms with van der Waals surface area (Å²) in [6, 6.07) is 1.67. The fourth-order valence-corrected chi connectivity index (χ4v) is 3.19. The van der Waals surface area contributed by atoms with Crippen molar-refractivity contribution < 1.29 is 4.79 Å². The quantitative estimate of drug-likeness (QED) is 0.734. The fourth-order valence-electron chi connectivity index (χ4n) is 3.19. The number of carbonyl (C=O) groups is 1. The van der Waals surface area contributed by atoms with Crippen molar-refractivity contribution in [2.75, 3.05) is 7.05 Å². The Hall–Kier alpha value is -0.610. The van der Waals surface area contributed by atoms with Crippen molar-refractivity contribution >= 4 is 5.91 Å². The molecule has 1 amide bonds. The van der Waals surface area contributed by atoms with Crippen LogP contribution >= 0.6 is 0 Å². The third-order valence-corrected chi connectivity index (χ3v) is 4.25. The van der Waals surface area contributed by atoms with Gasteiger partial charge in [-0.05, 0) is 39.7 Å². The Kier molecular flexibility index (Phi) is 3.50. The number of fused-ring (bicyclic) bond motifs is 2. The van der Waals surface area contributed by atoms with Crippen molar-refractivity contribution in [3.63, 3.8) is 0 Å². The van der Waals surface area contributed by atoms with Gasteiger partial charge in [0.15, 0.2) is 0 Å². The van der Waals surface area contributed by atoms with E-state index in [0.717, 1.165) is 12.8 Å². The number of rotatable bonds is 3. The maximum Gasteiger partial charge on any atom is 0.234 e. The highest BCUT2D eigenvalue weighted by Crippen LogP contribution is 2.32. The topological polar surface area (TPSA) is 58.4 Å². The number of hydrogen-bond donors (Lipinski definition) is 2. The van der Waals surface area contributed by atoms with Crippen LogP contribution in [0.25, 0.3) is 0 Å². The summed E-state index contributed by atoms with van der Waals surface area (Å²) in [7, 11) is 2.24. The summed E-state index contributed by atoms with van der Waals surface area (Å²) in [5, 5.41) is 3.37.